The van der Waals surface area contributed by atoms with E-state index in [0.717, 1.165) is 36.2 Å². The lowest BCUT2D eigenvalue weighted by Gasteiger charge is -2.11. The van der Waals surface area contributed by atoms with E-state index < -0.39 is 0 Å². The van der Waals surface area contributed by atoms with Gasteiger partial charge in [0.15, 0.2) is 0 Å². The van der Waals surface area contributed by atoms with Gasteiger partial charge in [0.2, 0.25) is 0 Å². The average Bonchev–Trinajstić information content (AvgIpc) is 2.53. The van der Waals surface area contributed by atoms with E-state index in [9.17, 15) is 5.26 Å². The second-order valence-corrected chi connectivity index (χ2v) is 4.80. The number of nitrogens with zero attached hydrogens (tertiary/aromatic N) is 3. The number of hydrogen-bond acceptors (Lipinski definition) is 3. The highest BCUT2D eigenvalue weighted by atomic mass is 15.1. The number of aromatic nitrogens is 1. The Morgan fingerprint density at radius 2 is 2.30 bits per heavy atom. The van der Waals surface area contributed by atoms with Crippen molar-refractivity contribution in [3.63, 3.8) is 0 Å². The van der Waals surface area contributed by atoms with Crippen molar-refractivity contribution >= 4 is 11.1 Å². The van der Waals surface area contributed by atoms with Gasteiger partial charge in [-0.15, -0.1) is 0 Å². The molecule has 0 aromatic carbocycles. The van der Waals surface area contributed by atoms with E-state index >= 15 is 0 Å². The molecule has 0 spiro atoms. The minimum absolute atomic E-state index is 0.640. The van der Waals surface area contributed by atoms with Crippen LogP contribution in [0.5, 0.6) is 0 Å². The average molecular weight is 265 g/mol. The van der Waals surface area contributed by atoms with Gasteiger partial charge in [-0.1, -0.05) is 18.2 Å². The predicted molar refractivity (Wildman–Crippen MR) is 82.5 cm³/mol. The fourth-order valence-corrected chi connectivity index (χ4v) is 2.01. The Hall–Kier alpha value is -2.34. The van der Waals surface area contributed by atoms with Crippen molar-refractivity contribution in [3.05, 3.63) is 54.0 Å². The first kappa shape index (κ1) is 14.1. The van der Waals surface area contributed by atoms with Gasteiger partial charge in [0.1, 0.15) is 6.07 Å². The molecule has 0 saturated heterocycles. The molecule has 2 rings (SSSR count). The van der Waals surface area contributed by atoms with E-state index in [1.54, 1.807) is 6.20 Å². The lowest BCUT2D eigenvalue weighted by Crippen LogP contribution is -2.09. The third-order valence-corrected chi connectivity index (χ3v) is 3.33. The van der Waals surface area contributed by atoms with Crippen LogP contribution in [0.15, 0.2) is 42.8 Å². The SMILES string of the molecule is CCN(C)C=C(C#N)c1ccc(C2=CCCC=C2)nc1. The number of rotatable bonds is 4. The zero-order chi connectivity index (χ0) is 14.4. The van der Waals surface area contributed by atoms with Gasteiger partial charge in [-0.2, -0.15) is 5.26 Å². The Bertz CT molecular complexity index is 586. The van der Waals surface area contributed by atoms with Crippen molar-refractivity contribution in [2.45, 2.75) is 19.8 Å². The smallest absolute Gasteiger partial charge is 0.101 e. The standard InChI is InChI=1S/C17H19N3/c1-3-20(2)13-16(11-18)15-9-10-17(19-12-15)14-7-5-4-6-8-14/h5,7-10,12-13H,3-4,6H2,1-2H3. The van der Waals surface area contributed by atoms with Crippen molar-refractivity contribution in [2.24, 2.45) is 0 Å². The largest absolute Gasteiger partial charge is 0.380 e. The van der Waals surface area contributed by atoms with Crippen LogP contribution in [-0.2, 0) is 0 Å². The van der Waals surface area contributed by atoms with Crippen LogP contribution in [0.3, 0.4) is 0 Å². The highest BCUT2D eigenvalue weighted by Gasteiger charge is 2.06. The third-order valence-electron chi connectivity index (χ3n) is 3.33. The summed E-state index contributed by atoms with van der Waals surface area (Å²) < 4.78 is 0. The van der Waals surface area contributed by atoms with Crippen LogP contribution in [0, 0.1) is 11.3 Å². The second kappa shape index (κ2) is 6.72. The lowest BCUT2D eigenvalue weighted by molar-refractivity contribution is 0.486. The molecular weight excluding hydrogens is 246 g/mol. The molecule has 3 nitrogen and oxygen atoms in total. The van der Waals surface area contributed by atoms with Gasteiger partial charge in [-0.3, -0.25) is 4.98 Å². The summed E-state index contributed by atoms with van der Waals surface area (Å²) in [7, 11) is 1.96. The van der Waals surface area contributed by atoms with Crippen molar-refractivity contribution < 1.29 is 0 Å². The van der Waals surface area contributed by atoms with Gasteiger partial charge >= 0.3 is 0 Å². The summed E-state index contributed by atoms with van der Waals surface area (Å²) in [6, 6.07) is 6.18. The van der Waals surface area contributed by atoms with Crippen molar-refractivity contribution in [2.75, 3.05) is 13.6 Å². The van der Waals surface area contributed by atoms with E-state index in [1.165, 1.54) is 0 Å². The topological polar surface area (TPSA) is 39.9 Å². The van der Waals surface area contributed by atoms with Crippen LogP contribution >= 0.6 is 0 Å². The molecule has 1 aliphatic rings. The van der Waals surface area contributed by atoms with Gasteiger partial charge in [0.05, 0.1) is 11.3 Å². The molecule has 0 N–H and O–H groups in total. The molecule has 0 amide bonds. The summed E-state index contributed by atoms with van der Waals surface area (Å²) in [6.07, 6.45) is 12.3. The summed E-state index contributed by atoms with van der Waals surface area (Å²) in [5, 5.41) is 9.25. The van der Waals surface area contributed by atoms with Crippen LogP contribution in [0.2, 0.25) is 0 Å². The highest BCUT2D eigenvalue weighted by molar-refractivity contribution is 5.78. The quantitative estimate of drug-likeness (QED) is 0.780. The Morgan fingerprint density at radius 1 is 1.45 bits per heavy atom. The second-order valence-electron chi connectivity index (χ2n) is 4.80. The van der Waals surface area contributed by atoms with E-state index in [0.29, 0.717) is 5.57 Å². The molecule has 102 valence electrons. The molecule has 1 aromatic rings. The predicted octanol–water partition coefficient (Wildman–Crippen LogP) is 3.63. The van der Waals surface area contributed by atoms with E-state index in [4.69, 9.17) is 0 Å². The molecule has 1 aliphatic carbocycles. The molecule has 0 radical (unpaired) electrons. The molecule has 0 bridgehead atoms. The summed E-state index contributed by atoms with van der Waals surface area (Å²) >= 11 is 0. The van der Waals surface area contributed by atoms with Gasteiger partial charge in [0, 0.05) is 31.6 Å². The molecule has 0 unspecified atom stereocenters. The Balaban J connectivity index is 2.23. The Morgan fingerprint density at radius 3 is 2.85 bits per heavy atom. The molecule has 3 heteroatoms. The first-order chi connectivity index (χ1) is 9.74. The molecular formula is C17H19N3. The first-order valence-electron chi connectivity index (χ1n) is 6.90. The third kappa shape index (κ3) is 3.36. The van der Waals surface area contributed by atoms with Gasteiger partial charge in [0.25, 0.3) is 0 Å². The molecule has 0 fully saturated rings. The maximum atomic E-state index is 9.25. The normalized spacial score (nSPS) is 14.7. The number of nitriles is 1. The van der Waals surface area contributed by atoms with Crippen LogP contribution in [-0.4, -0.2) is 23.5 Å². The van der Waals surface area contributed by atoms with Crippen LogP contribution < -0.4 is 0 Å². The van der Waals surface area contributed by atoms with Crippen molar-refractivity contribution in [1.29, 1.82) is 5.26 Å². The lowest BCUT2D eigenvalue weighted by atomic mass is 10.0. The zero-order valence-corrected chi connectivity index (χ0v) is 12.0. The Kier molecular flexibility index (Phi) is 4.73. The van der Waals surface area contributed by atoms with Crippen LogP contribution in [0.25, 0.3) is 11.1 Å². The fraction of sp³-hybridized carbons (Fsp3) is 0.294. The molecule has 0 aliphatic heterocycles. The monoisotopic (exact) mass is 265 g/mol. The highest BCUT2D eigenvalue weighted by Crippen LogP contribution is 2.21. The number of pyridine rings is 1. The van der Waals surface area contributed by atoms with Gasteiger partial charge in [-0.05, 0) is 37.5 Å². The van der Waals surface area contributed by atoms with Crippen molar-refractivity contribution in [1.82, 2.24) is 9.88 Å². The van der Waals surface area contributed by atoms with Crippen LogP contribution in [0.1, 0.15) is 31.0 Å². The molecule has 1 aromatic heterocycles. The molecule has 1 heterocycles. The zero-order valence-electron chi connectivity index (χ0n) is 12.0. The van der Waals surface area contributed by atoms with E-state index in [2.05, 4.69) is 36.2 Å². The van der Waals surface area contributed by atoms with E-state index in [1.807, 2.05) is 30.3 Å². The van der Waals surface area contributed by atoms with Gasteiger partial charge < -0.3 is 4.90 Å². The summed E-state index contributed by atoms with van der Waals surface area (Å²) in [4.78, 5) is 6.46. The van der Waals surface area contributed by atoms with Crippen LogP contribution in [0.4, 0.5) is 0 Å². The molecule has 0 saturated carbocycles. The summed E-state index contributed by atoms with van der Waals surface area (Å²) in [6.45, 7) is 2.92. The number of allylic oxidation sites excluding steroid dienone is 5. The van der Waals surface area contributed by atoms with Gasteiger partial charge in [-0.25, -0.2) is 0 Å². The number of hydrogen-bond donors (Lipinski definition) is 0. The van der Waals surface area contributed by atoms with Crippen molar-refractivity contribution in [3.8, 4) is 6.07 Å². The fourth-order valence-electron chi connectivity index (χ4n) is 2.01. The minimum atomic E-state index is 0.640. The molecule has 0 atom stereocenters. The molecule has 20 heavy (non-hydrogen) atoms. The summed E-state index contributed by atoms with van der Waals surface area (Å²) in [5.74, 6) is 0. The Labute approximate surface area is 120 Å². The van der Waals surface area contributed by atoms with E-state index in [-0.39, 0.29) is 0 Å². The summed E-state index contributed by atoms with van der Waals surface area (Å²) in [5.41, 5.74) is 3.63. The maximum absolute atomic E-state index is 9.25. The maximum Gasteiger partial charge on any atom is 0.101 e. The first-order valence-corrected chi connectivity index (χ1v) is 6.90. The minimum Gasteiger partial charge on any atom is -0.380 e.